The zero-order chi connectivity index (χ0) is 15.2. The first-order valence-electron chi connectivity index (χ1n) is 6.63. The van der Waals surface area contributed by atoms with E-state index in [0.29, 0.717) is 13.1 Å². The van der Waals surface area contributed by atoms with Crippen LogP contribution in [0.3, 0.4) is 0 Å². The van der Waals surface area contributed by atoms with E-state index in [1.165, 1.54) is 17.0 Å². The second-order valence-corrected chi connectivity index (χ2v) is 4.67. The number of rotatable bonds is 5. The second kappa shape index (κ2) is 6.85. The number of phenols is 1. The lowest BCUT2D eigenvalue weighted by Crippen LogP contribution is -2.35. The van der Waals surface area contributed by atoms with E-state index in [0.717, 1.165) is 11.6 Å². The molecule has 0 bridgehead atoms. The van der Waals surface area contributed by atoms with Crippen molar-refractivity contribution in [2.75, 3.05) is 13.1 Å². The minimum absolute atomic E-state index is 0.0721. The van der Waals surface area contributed by atoms with E-state index in [-0.39, 0.29) is 17.9 Å². The Morgan fingerprint density at radius 1 is 1.19 bits per heavy atom. The van der Waals surface area contributed by atoms with Crippen LogP contribution in [0.25, 0.3) is 0 Å². The molecule has 21 heavy (non-hydrogen) atoms. The van der Waals surface area contributed by atoms with E-state index < -0.39 is 11.7 Å². The van der Waals surface area contributed by atoms with Crippen LogP contribution in [-0.2, 0) is 6.54 Å². The summed E-state index contributed by atoms with van der Waals surface area (Å²) in [5, 5.41) is 9.21. The van der Waals surface area contributed by atoms with Crippen LogP contribution in [0.15, 0.2) is 48.5 Å². The Kier molecular flexibility index (Phi) is 4.90. The van der Waals surface area contributed by atoms with E-state index in [4.69, 9.17) is 5.73 Å². The Morgan fingerprint density at radius 2 is 1.90 bits per heavy atom. The van der Waals surface area contributed by atoms with Gasteiger partial charge in [-0.25, -0.2) is 4.39 Å². The summed E-state index contributed by atoms with van der Waals surface area (Å²) in [5.41, 5.74) is 6.40. The molecule has 0 saturated heterocycles. The molecule has 0 saturated carbocycles. The number of benzene rings is 2. The molecule has 1 amide bonds. The van der Waals surface area contributed by atoms with E-state index >= 15 is 0 Å². The van der Waals surface area contributed by atoms with Gasteiger partial charge in [0.05, 0.1) is 5.56 Å². The summed E-state index contributed by atoms with van der Waals surface area (Å²) in [7, 11) is 0. The van der Waals surface area contributed by atoms with Crippen LogP contribution in [0.5, 0.6) is 5.75 Å². The van der Waals surface area contributed by atoms with Crippen molar-refractivity contribution < 1.29 is 14.3 Å². The summed E-state index contributed by atoms with van der Waals surface area (Å²) < 4.78 is 13.8. The largest absolute Gasteiger partial charge is 0.508 e. The minimum atomic E-state index is -0.741. The van der Waals surface area contributed by atoms with Gasteiger partial charge in [-0.3, -0.25) is 4.79 Å². The lowest BCUT2D eigenvalue weighted by molar-refractivity contribution is 0.0743. The van der Waals surface area contributed by atoms with Crippen molar-refractivity contribution in [1.29, 1.82) is 0 Å². The zero-order valence-corrected chi connectivity index (χ0v) is 11.5. The highest BCUT2D eigenvalue weighted by molar-refractivity contribution is 5.94. The van der Waals surface area contributed by atoms with Crippen molar-refractivity contribution in [2.45, 2.75) is 6.54 Å². The molecule has 0 aromatic heterocycles. The minimum Gasteiger partial charge on any atom is -0.508 e. The third-order valence-electron chi connectivity index (χ3n) is 3.09. The number of nitrogens with two attached hydrogens (primary N) is 1. The van der Waals surface area contributed by atoms with Gasteiger partial charge in [-0.2, -0.15) is 0 Å². The highest BCUT2D eigenvalue weighted by atomic mass is 19.1. The normalized spacial score (nSPS) is 10.4. The average molecular weight is 288 g/mol. The van der Waals surface area contributed by atoms with Gasteiger partial charge in [0.15, 0.2) is 0 Å². The molecule has 5 heteroatoms. The smallest absolute Gasteiger partial charge is 0.257 e. The summed E-state index contributed by atoms with van der Waals surface area (Å²) in [4.78, 5) is 13.9. The number of amides is 1. The molecule has 2 aromatic rings. The van der Waals surface area contributed by atoms with E-state index in [2.05, 4.69) is 0 Å². The van der Waals surface area contributed by atoms with Crippen molar-refractivity contribution in [3.63, 3.8) is 0 Å². The molecule has 0 aliphatic rings. The number of hydrogen-bond acceptors (Lipinski definition) is 3. The molecule has 0 unspecified atom stereocenters. The number of nitrogens with zero attached hydrogens (tertiary/aromatic N) is 1. The third kappa shape index (κ3) is 3.79. The number of carbonyl (C=O) groups excluding carboxylic acids is 1. The first kappa shape index (κ1) is 15.0. The SMILES string of the molecule is NCCN(Cc1ccccc1)C(=O)c1ccc(O)cc1F. The van der Waals surface area contributed by atoms with Crippen molar-refractivity contribution >= 4 is 5.91 Å². The fourth-order valence-corrected chi connectivity index (χ4v) is 2.06. The topological polar surface area (TPSA) is 66.6 Å². The molecule has 3 N–H and O–H groups in total. The maximum absolute atomic E-state index is 13.8. The highest BCUT2D eigenvalue weighted by Crippen LogP contribution is 2.17. The molecule has 4 nitrogen and oxygen atoms in total. The Bertz CT molecular complexity index is 617. The van der Waals surface area contributed by atoms with Crippen LogP contribution in [0, 0.1) is 5.82 Å². The molecule has 0 aliphatic heterocycles. The van der Waals surface area contributed by atoms with Crippen molar-refractivity contribution in [1.82, 2.24) is 4.90 Å². The average Bonchev–Trinajstić information content (AvgIpc) is 2.47. The first-order chi connectivity index (χ1) is 10.1. The van der Waals surface area contributed by atoms with Crippen LogP contribution < -0.4 is 5.73 Å². The van der Waals surface area contributed by atoms with Gasteiger partial charge in [-0.15, -0.1) is 0 Å². The molecule has 0 heterocycles. The summed E-state index contributed by atoms with van der Waals surface area (Å²) >= 11 is 0. The first-order valence-corrected chi connectivity index (χ1v) is 6.63. The standard InChI is InChI=1S/C16H17FN2O2/c17-15-10-13(20)6-7-14(15)16(21)19(9-8-18)11-12-4-2-1-3-5-12/h1-7,10,20H,8-9,11,18H2. The Labute approximate surface area is 122 Å². The van der Waals surface area contributed by atoms with Gasteiger partial charge in [-0.05, 0) is 17.7 Å². The van der Waals surface area contributed by atoms with Gasteiger partial charge >= 0.3 is 0 Å². The number of carbonyl (C=O) groups is 1. The maximum Gasteiger partial charge on any atom is 0.257 e. The molecule has 0 radical (unpaired) electrons. The lowest BCUT2D eigenvalue weighted by Gasteiger charge is -2.22. The Hall–Kier alpha value is -2.40. The van der Waals surface area contributed by atoms with Gasteiger partial charge in [0, 0.05) is 25.7 Å². The molecular formula is C16H17FN2O2. The second-order valence-electron chi connectivity index (χ2n) is 4.67. The predicted octanol–water partition coefficient (Wildman–Crippen LogP) is 2.13. The third-order valence-corrected chi connectivity index (χ3v) is 3.09. The van der Waals surface area contributed by atoms with Gasteiger partial charge in [0.1, 0.15) is 11.6 Å². The summed E-state index contributed by atoms with van der Waals surface area (Å²) in [6, 6.07) is 12.9. The summed E-state index contributed by atoms with van der Waals surface area (Å²) in [6.45, 7) is 0.976. The van der Waals surface area contributed by atoms with Crippen LogP contribution in [0.1, 0.15) is 15.9 Å². The number of phenolic OH excluding ortho intramolecular Hbond substituents is 1. The fraction of sp³-hybridized carbons (Fsp3) is 0.188. The Morgan fingerprint density at radius 3 is 2.52 bits per heavy atom. The van der Waals surface area contributed by atoms with Gasteiger partial charge < -0.3 is 15.7 Å². The summed E-state index contributed by atoms with van der Waals surface area (Å²) in [5.74, 6) is -1.39. The molecule has 0 spiro atoms. The molecule has 0 aliphatic carbocycles. The van der Waals surface area contributed by atoms with E-state index in [9.17, 15) is 14.3 Å². The van der Waals surface area contributed by atoms with Crippen molar-refractivity contribution in [3.05, 3.63) is 65.5 Å². The van der Waals surface area contributed by atoms with Crippen LogP contribution in [0.2, 0.25) is 0 Å². The quantitative estimate of drug-likeness (QED) is 0.885. The van der Waals surface area contributed by atoms with E-state index in [1.54, 1.807) is 0 Å². The van der Waals surface area contributed by atoms with Gasteiger partial charge in [0.25, 0.3) is 5.91 Å². The number of aromatic hydroxyl groups is 1. The van der Waals surface area contributed by atoms with Crippen LogP contribution in [0.4, 0.5) is 4.39 Å². The van der Waals surface area contributed by atoms with E-state index in [1.807, 2.05) is 30.3 Å². The molecule has 2 aromatic carbocycles. The fourth-order valence-electron chi connectivity index (χ4n) is 2.06. The monoisotopic (exact) mass is 288 g/mol. The zero-order valence-electron chi connectivity index (χ0n) is 11.5. The van der Waals surface area contributed by atoms with Gasteiger partial charge in [-0.1, -0.05) is 30.3 Å². The summed E-state index contributed by atoms with van der Waals surface area (Å²) in [6.07, 6.45) is 0. The number of halogens is 1. The lowest BCUT2D eigenvalue weighted by atomic mass is 10.1. The van der Waals surface area contributed by atoms with Crippen molar-refractivity contribution in [2.24, 2.45) is 5.73 Å². The predicted molar refractivity (Wildman–Crippen MR) is 78.3 cm³/mol. The van der Waals surface area contributed by atoms with Gasteiger partial charge in [0.2, 0.25) is 0 Å². The Balaban J connectivity index is 2.23. The number of hydrogen-bond donors (Lipinski definition) is 2. The maximum atomic E-state index is 13.8. The molecule has 110 valence electrons. The highest BCUT2D eigenvalue weighted by Gasteiger charge is 2.19. The van der Waals surface area contributed by atoms with Crippen LogP contribution >= 0.6 is 0 Å². The molecular weight excluding hydrogens is 271 g/mol. The van der Waals surface area contributed by atoms with Crippen LogP contribution in [-0.4, -0.2) is 29.0 Å². The van der Waals surface area contributed by atoms with Crippen molar-refractivity contribution in [3.8, 4) is 5.75 Å². The molecule has 0 fully saturated rings. The molecule has 2 rings (SSSR count). The molecule has 0 atom stereocenters.